The number of para-hydroxylation sites is 1. The number of anilines is 1. The molecule has 1 amide bonds. The van der Waals surface area contributed by atoms with Gasteiger partial charge in [-0.25, -0.2) is 9.36 Å². The van der Waals surface area contributed by atoms with Crippen molar-refractivity contribution in [2.24, 2.45) is 0 Å². The summed E-state index contributed by atoms with van der Waals surface area (Å²) in [5.41, 5.74) is 2.88. The Kier molecular flexibility index (Phi) is 5.74. The predicted octanol–water partition coefficient (Wildman–Crippen LogP) is 4.84. The van der Waals surface area contributed by atoms with Gasteiger partial charge in [-0.2, -0.15) is 10.2 Å². The highest BCUT2D eigenvalue weighted by Crippen LogP contribution is 2.26. The van der Waals surface area contributed by atoms with Crippen LogP contribution in [0, 0.1) is 13.8 Å². The molecule has 9 heteroatoms. The van der Waals surface area contributed by atoms with Gasteiger partial charge < -0.3 is 9.88 Å². The number of aryl methyl sites for hydroxylation is 2. The van der Waals surface area contributed by atoms with Gasteiger partial charge in [-0.15, -0.1) is 0 Å². The SMILES string of the molecule is Cc1ccc(Cl)cc1NC(=O)C(C)n1nc(C)c2nn(-c3ccccc3)c(-n3cccc3)c2c1=O. The van der Waals surface area contributed by atoms with E-state index < -0.39 is 11.6 Å². The van der Waals surface area contributed by atoms with Crippen LogP contribution in [0.5, 0.6) is 0 Å². The highest BCUT2D eigenvalue weighted by Gasteiger charge is 2.25. The number of amides is 1. The topological polar surface area (TPSA) is 86.7 Å². The minimum atomic E-state index is -0.874. The summed E-state index contributed by atoms with van der Waals surface area (Å²) in [7, 11) is 0. The molecule has 3 heterocycles. The molecule has 176 valence electrons. The van der Waals surface area contributed by atoms with Gasteiger partial charge in [-0.05, 0) is 62.7 Å². The van der Waals surface area contributed by atoms with E-state index in [-0.39, 0.29) is 5.91 Å². The highest BCUT2D eigenvalue weighted by molar-refractivity contribution is 6.31. The maximum Gasteiger partial charge on any atom is 0.280 e. The Hall–Kier alpha value is -4.17. The molecule has 8 nitrogen and oxygen atoms in total. The van der Waals surface area contributed by atoms with Gasteiger partial charge >= 0.3 is 0 Å². The third-order valence-corrected chi connectivity index (χ3v) is 6.17. The molecule has 0 aliphatic carbocycles. The number of nitrogens with zero attached hydrogens (tertiary/aromatic N) is 5. The Morgan fingerprint density at radius 3 is 2.43 bits per heavy atom. The summed E-state index contributed by atoms with van der Waals surface area (Å²) in [5.74, 6) is 0.209. The molecule has 1 unspecified atom stereocenters. The monoisotopic (exact) mass is 486 g/mol. The minimum absolute atomic E-state index is 0.373. The predicted molar refractivity (Wildman–Crippen MR) is 137 cm³/mol. The second-order valence-electron chi connectivity index (χ2n) is 8.34. The average molecular weight is 487 g/mol. The van der Waals surface area contributed by atoms with Crippen molar-refractivity contribution >= 4 is 34.1 Å². The first kappa shape index (κ1) is 22.6. The van der Waals surface area contributed by atoms with Crippen LogP contribution in [0.3, 0.4) is 0 Å². The number of halogens is 1. The molecule has 1 atom stereocenters. The first-order valence-corrected chi connectivity index (χ1v) is 11.5. The van der Waals surface area contributed by atoms with Crippen molar-refractivity contribution in [3.05, 3.63) is 99.7 Å². The average Bonchev–Trinajstić information content (AvgIpc) is 3.52. The zero-order valence-electron chi connectivity index (χ0n) is 19.4. The number of hydrogen-bond donors (Lipinski definition) is 1. The first-order valence-electron chi connectivity index (χ1n) is 11.1. The Bertz CT molecular complexity index is 1600. The fraction of sp³-hybridized carbons (Fsp3) is 0.154. The zero-order valence-corrected chi connectivity index (χ0v) is 20.2. The lowest BCUT2D eigenvalue weighted by molar-refractivity contribution is -0.119. The normalized spacial score (nSPS) is 12.1. The lowest BCUT2D eigenvalue weighted by Gasteiger charge is -2.16. The molecular formula is C26H23ClN6O2. The number of rotatable bonds is 5. The Morgan fingerprint density at radius 1 is 1.00 bits per heavy atom. The van der Waals surface area contributed by atoms with Gasteiger partial charge in [0.05, 0.1) is 11.4 Å². The number of aromatic nitrogens is 5. The van der Waals surface area contributed by atoms with Crippen molar-refractivity contribution in [1.29, 1.82) is 0 Å². The first-order chi connectivity index (χ1) is 16.8. The van der Waals surface area contributed by atoms with Crippen LogP contribution in [-0.4, -0.2) is 30.0 Å². The van der Waals surface area contributed by atoms with E-state index >= 15 is 0 Å². The molecule has 5 aromatic rings. The fourth-order valence-corrected chi connectivity index (χ4v) is 4.20. The number of hydrogen-bond acceptors (Lipinski definition) is 4. The summed E-state index contributed by atoms with van der Waals surface area (Å²) in [6.07, 6.45) is 3.71. The van der Waals surface area contributed by atoms with E-state index in [0.717, 1.165) is 11.3 Å². The summed E-state index contributed by atoms with van der Waals surface area (Å²) in [6, 6.07) is 17.7. The molecule has 0 aliphatic heterocycles. The van der Waals surface area contributed by atoms with E-state index in [2.05, 4.69) is 10.4 Å². The van der Waals surface area contributed by atoms with Crippen molar-refractivity contribution in [3.63, 3.8) is 0 Å². The van der Waals surface area contributed by atoms with E-state index in [0.29, 0.717) is 33.1 Å². The van der Waals surface area contributed by atoms with Gasteiger partial charge in [-0.3, -0.25) is 9.59 Å². The van der Waals surface area contributed by atoms with Crippen LogP contribution in [0.25, 0.3) is 22.4 Å². The smallest absolute Gasteiger partial charge is 0.280 e. The second kappa shape index (κ2) is 8.88. The number of nitrogens with one attached hydrogen (secondary N) is 1. The van der Waals surface area contributed by atoms with Crippen molar-refractivity contribution in [2.75, 3.05) is 5.32 Å². The molecule has 3 aromatic heterocycles. The third kappa shape index (κ3) is 4.02. The van der Waals surface area contributed by atoms with Crippen molar-refractivity contribution < 1.29 is 4.79 Å². The molecule has 0 saturated heterocycles. The van der Waals surface area contributed by atoms with Crippen LogP contribution >= 0.6 is 11.6 Å². The molecule has 5 rings (SSSR count). The van der Waals surface area contributed by atoms with E-state index in [1.807, 2.05) is 72.4 Å². The Balaban J connectivity index is 1.66. The van der Waals surface area contributed by atoms with Gasteiger partial charge in [0, 0.05) is 23.1 Å². The molecule has 1 N–H and O–H groups in total. The van der Waals surface area contributed by atoms with Gasteiger partial charge in [0.25, 0.3) is 5.56 Å². The summed E-state index contributed by atoms with van der Waals surface area (Å²) in [6.45, 7) is 5.30. The molecule has 0 saturated carbocycles. The number of carbonyl (C=O) groups is 1. The maximum atomic E-state index is 13.8. The van der Waals surface area contributed by atoms with E-state index in [1.54, 1.807) is 30.7 Å². The number of fused-ring (bicyclic) bond motifs is 1. The molecule has 0 aliphatic rings. The van der Waals surface area contributed by atoms with Crippen molar-refractivity contribution in [3.8, 4) is 11.5 Å². The van der Waals surface area contributed by atoms with Crippen LogP contribution in [0.15, 0.2) is 77.9 Å². The third-order valence-electron chi connectivity index (χ3n) is 5.94. The van der Waals surface area contributed by atoms with Crippen LogP contribution in [0.4, 0.5) is 5.69 Å². The molecule has 0 radical (unpaired) electrons. The molecule has 0 spiro atoms. The van der Waals surface area contributed by atoms with Crippen molar-refractivity contribution in [1.82, 2.24) is 24.1 Å². The highest BCUT2D eigenvalue weighted by atomic mass is 35.5. The molecule has 0 fully saturated rings. The summed E-state index contributed by atoms with van der Waals surface area (Å²) < 4.78 is 4.79. The van der Waals surface area contributed by atoms with Gasteiger partial charge in [0.15, 0.2) is 5.82 Å². The molecular weight excluding hydrogens is 464 g/mol. The van der Waals surface area contributed by atoms with Crippen molar-refractivity contribution in [2.45, 2.75) is 26.8 Å². The van der Waals surface area contributed by atoms with Crippen LogP contribution < -0.4 is 10.9 Å². The summed E-state index contributed by atoms with van der Waals surface area (Å²) >= 11 is 6.10. The quantitative estimate of drug-likeness (QED) is 0.385. The van der Waals surface area contributed by atoms with Gasteiger partial charge in [0.1, 0.15) is 16.9 Å². The minimum Gasteiger partial charge on any atom is -0.324 e. The molecule has 2 aromatic carbocycles. The lowest BCUT2D eigenvalue weighted by atomic mass is 10.2. The van der Waals surface area contributed by atoms with Gasteiger partial charge in [0.2, 0.25) is 5.91 Å². The second-order valence-corrected chi connectivity index (χ2v) is 8.78. The van der Waals surface area contributed by atoms with E-state index in [1.165, 1.54) is 4.68 Å². The zero-order chi connectivity index (χ0) is 24.7. The van der Waals surface area contributed by atoms with Gasteiger partial charge in [-0.1, -0.05) is 35.9 Å². The maximum absolute atomic E-state index is 13.8. The Morgan fingerprint density at radius 2 is 1.71 bits per heavy atom. The summed E-state index contributed by atoms with van der Waals surface area (Å²) in [5, 5.41) is 13.0. The fourth-order valence-electron chi connectivity index (χ4n) is 4.03. The lowest BCUT2D eigenvalue weighted by Crippen LogP contribution is -2.34. The van der Waals surface area contributed by atoms with Crippen LogP contribution in [0.1, 0.15) is 24.2 Å². The van der Waals surface area contributed by atoms with E-state index in [9.17, 15) is 9.59 Å². The standard InChI is InChI=1S/C26H23ClN6O2/c1-16-11-12-19(27)15-21(16)28-24(34)18(3)32-26(35)22-23(17(2)29-32)30-33(20-9-5-4-6-10-20)25(22)31-13-7-8-14-31/h4-15,18H,1-3H3,(H,28,34). The number of carbonyl (C=O) groups excluding carboxylic acids is 1. The molecule has 0 bridgehead atoms. The number of benzene rings is 2. The Labute approximate surface area is 206 Å². The molecule has 35 heavy (non-hydrogen) atoms. The van der Waals surface area contributed by atoms with E-state index in [4.69, 9.17) is 16.7 Å². The van der Waals surface area contributed by atoms with Crippen LogP contribution in [0.2, 0.25) is 5.02 Å². The van der Waals surface area contributed by atoms with Crippen LogP contribution in [-0.2, 0) is 4.79 Å². The largest absolute Gasteiger partial charge is 0.324 e. The summed E-state index contributed by atoms with van der Waals surface area (Å²) in [4.78, 5) is 26.9.